The quantitative estimate of drug-likeness (QED) is 0.733. The van der Waals surface area contributed by atoms with Crippen LogP contribution >= 0.6 is 0 Å². The molecule has 1 aromatic rings. The molecule has 1 saturated heterocycles. The van der Waals surface area contributed by atoms with Gasteiger partial charge in [0.2, 0.25) is 17.7 Å². The van der Waals surface area contributed by atoms with Crippen LogP contribution < -0.4 is 10.1 Å². The molecule has 104 valence electrons. The van der Waals surface area contributed by atoms with E-state index in [1.165, 1.54) is 4.90 Å². The van der Waals surface area contributed by atoms with Crippen LogP contribution in [-0.2, 0) is 14.4 Å². The number of amides is 3. The number of carbonyl (C=O) groups is 3. The van der Waals surface area contributed by atoms with Gasteiger partial charge in [0, 0.05) is 5.56 Å². The molecular formula is C14H14N2O4. The zero-order chi connectivity index (χ0) is 14.3. The Morgan fingerprint density at radius 1 is 1.35 bits per heavy atom. The zero-order valence-electron chi connectivity index (χ0n) is 11.0. The third-order valence-electron chi connectivity index (χ3n) is 3.70. The first-order chi connectivity index (χ1) is 9.58. The molecule has 2 unspecified atom stereocenters. The number of nitrogens with zero attached hydrogens (tertiary/aromatic N) is 1. The minimum Gasteiger partial charge on any atom is -0.492 e. The van der Waals surface area contributed by atoms with Gasteiger partial charge in [0.1, 0.15) is 30.9 Å². The van der Waals surface area contributed by atoms with E-state index in [0.29, 0.717) is 5.75 Å². The minimum absolute atomic E-state index is 0.0929. The lowest BCUT2D eigenvalue weighted by Gasteiger charge is -2.33. The Bertz CT molecular complexity index is 599. The highest BCUT2D eigenvalue weighted by Crippen LogP contribution is 2.35. The van der Waals surface area contributed by atoms with Crippen LogP contribution in [0.2, 0.25) is 0 Å². The highest BCUT2D eigenvalue weighted by Gasteiger charge is 2.39. The van der Waals surface area contributed by atoms with Crippen molar-refractivity contribution in [3.05, 3.63) is 29.8 Å². The Hall–Kier alpha value is -2.37. The van der Waals surface area contributed by atoms with Gasteiger partial charge in [-0.25, -0.2) is 0 Å². The summed E-state index contributed by atoms with van der Waals surface area (Å²) in [6.45, 7) is 1.77. The molecule has 20 heavy (non-hydrogen) atoms. The lowest BCUT2D eigenvalue weighted by molar-refractivity contribution is -0.150. The fourth-order valence-corrected chi connectivity index (χ4v) is 2.55. The Kier molecular flexibility index (Phi) is 2.93. The monoisotopic (exact) mass is 274 g/mol. The largest absolute Gasteiger partial charge is 0.492 e. The van der Waals surface area contributed by atoms with Crippen molar-refractivity contribution in [3.8, 4) is 5.75 Å². The summed E-state index contributed by atoms with van der Waals surface area (Å²) < 4.78 is 5.48. The second kappa shape index (κ2) is 4.63. The number of ether oxygens (including phenoxy) is 1. The number of hydrogen-bond donors (Lipinski definition) is 1. The van der Waals surface area contributed by atoms with E-state index >= 15 is 0 Å². The average molecular weight is 274 g/mol. The molecule has 0 aromatic heterocycles. The SMILES string of the molecule is CC1C(=O)NC(=O)CN1C(=O)C1COc2ccccc21. The van der Waals surface area contributed by atoms with Crippen LogP contribution in [0.5, 0.6) is 5.75 Å². The van der Waals surface area contributed by atoms with Crippen LogP contribution in [0.4, 0.5) is 0 Å². The van der Waals surface area contributed by atoms with Gasteiger partial charge in [-0.3, -0.25) is 19.7 Å². The molecule has 1 aromatic carbocycles. The molecule has 6 nitrogen and oxygen atoms in total. The van der Waals surface area contributed by atoms with E-state index in [0.717, 1.165) is 5.56 Å². The van der Waals surface area contributed by atoms with Gasteiger partial charge in [0.05, 0.1) is 0 Å². The number of piperazine rings is 1. The molecule has 1 fully saturated rings. The van der Waals surface area contributed by atoms with Crippen molar-refractivity contribution in [2.24, 2.45) is 0 Å². The second-order valence-electron chi connectivity index (χ2n) is 4.96. The number of imide groups is 1. The van der Waals surface area contributed by atoms with Crippen molar-refractivity contribution in [1.82, 2.24) is 10.2 Å². The van der Waals surface area contributed by atoms with Crippen LogP contribution in [-0.4, -0.2) is 41.8 Å². The van der Waals surface area contributed by atoms with Gasteiger partial charge in [0.15, 0.2) is 0 Å². The highest BCUT2D eigenvalue weighted by molar-refractivity contribution is 6.05. The summed E-state index contributed by atoms with van der Waals surface area (Å²) in [5, 5.41) is 2.22. The second-order valence-corrected chi connectivity index (χ2v) is 4.96. The molecule has 2 atom stereocenters. The van der Waals surface area contributed by atoms with E-state index in [9.17, 15) is 14.4 Å². The maximum Gasteiger partial charge on any atom is 0.249 e. The predicted octanol–water partition coefficient (Wildman–Crippen LogP) is 0.0361. The Morgan fingerprint density at radius 2 is 2.10 bits per heavy atom. The van der Waals surface area contributed by atoms with E-state index in [1.54, 1.807) is 13.0 Å². The van der Waals surface area contributed by atoms with Gasteiger partial charge in [-0.05, 0) is 13.0 Å². The molecule has 2 aliphatic rings. The summed E-state index contributed by atoms with van der Waals surface area (Å²) in [5.74, 6) is -0.903. The van der Waals surface area contributed by atoms with Crippen molar-refractivity contribution in [2.75, 3.05) is 13.2 Å². The Balaban J connectivity index is 1.86. The average Bonchev–Trinajstić information content (AvgIpc) is 2.86. The molecule has 0 saturated carbocycles. The van der Waals surface area contributed by atoms with E-state index in [-0.39, 0.29) is 19.1 Å². The number of hydrogen-bond acceptors (Lipinski definition) is 4. The van der Waals surface area contributed by atoms with Crippen LogP contribution in [0.1, 0.15) is 18.4 Å². The summed E-state index contributed by atoms with van der Waals surface area (Å²) in [6, 6.07) is 6.67. The first kappa shape index (κ1) is 12.7. The lowest BCUT2D eigenvalue weighted by Crippen LogP contribution is -2.59. The van der Waals surface area contributed by atoms with E-state index in [4.69, 9.17) is 4.74 Å². The summed E-state index contributed by atoms with van der Waals surface area (Å²) in [4.78, 5) is 37.0. The number of benzene rings is 1. The van der Waals surface area contributed by atoms with Gasteiger partial charge in [-0.1, -0.05) is 18.2 Å². The third-order valence-corrected chi connectivity index (χ3v) is 3.70. The number of nitrogens with one attached hydrogen (secondary N) is 1. The molecule has 3 amide bonds. The van der Waals surface area contributed by atoms with E-state index in [1.807, 2.05) is 18.2 Å². The summed E-state index contributed by atoms with van der Waals surface area (Å²) in [6.07, 6.45) is 0. The molecule has 0 aliphatic carbocycles. The van der Waals surface area contributed by atoms with E-state index < -0.39 is 23.8 Å². The molecule has 0 spiro atoms. The summed E-state index contributed by atoms with van der Waals surface area (Å²) >= 11 is 0. The maximum atomic E-state index is 12.6. The van der Waals surface area contributed by atoms with Crippen molar-refractivity contribution < 1.29 is 19.1 Å². The topological polar surface area (TPSA) is 75.7 Å². The fourth-order valence-electron chi connectivity index (χ4n) is 2.55. The summed E-state index contributed by atoms with van der Waals surface area (Å²) in [7, 11) is 0. The van der Waals surface area contributed by atoms with Crippen LogP contribution in [0, 0.1) is 0 Å². The highest BCUT2D eigenvalue weighted by atomic mass is 16.5. The zero-order valence-corrected chi connectivity index (χ0v) is 11.0. The standard InChI is InChI=1S/C14H14N2O4/c1-8-13(18)15-12(17)6-16(8)14(19)10-7-20-11-5-3-2-4-9(10)11/h2-5,8,10H,6-7H2,1H3,(H,15,17,18). The lowest BCUT2D eigenvalue weighted by atomic mass is 9.98. The molecule has 2 aliphatic heterocycles. The van der Waals surface area contributed by atoms with Crippen molar-refractivity contribution in [1.29, 1.82) is 0 Å². The first-order valence-electron chi connectivity index (χ1n) is 6.44. The first-order valence-corrected chi connectivity index (χ1v) is 6.44. The van der Waals surface area contributed by atoms with Crippen LogP contribution in [0.3, 0.4) is 0 Å². The smallest absolute Gasteiger partial charge is 0.249 e. The number of para-hydroxylation sites is 1. The van der Waals surface area contributed by atoms with Crippen LogP contribution in [0.25, 0.3) is 0 Å². The van der Waals surface area contributed by atoms with Crippen LogP contribution in [0.15, 0.2) is 24.3 Å². The van der Waals surface area contributed by atoms with E-state index in [2.05, 4.69) is 5.32 Å². The van der Waals surface area contributed by atoms with Crippen molar-refractivity contribution in [3.63, 3.8) is 0 Å². The molecule has 1 N–H and O–H groups in total. The number of fused-ring (bicyclic) bond motifs is 1. The fraction of sp³-hybridized carbons (Fsp3) is 0.357. The molecular weight excluding hydrogens is 260 g/mol. The molecule has 6 heteroatoms. The predicted molar refractivity (Wildman–Crippen MR) is 69.0 cm³/mol. The van der Waals surface area contributed by atoms with Gasteiger partial charge in [0.25, 0.3) is 0 Å². The molecule has 2 heterocycles. The Morgan fingerprint density at radius 3 is 2.90 bits per heavy atom. The number of carbonyl (C=O) groups excluding carboxylic acids is 3. The maximum absolute atomic E-state index is 12.6. The van der Waals surface area contributed by atoms with Gasteiger partial charge >= 0.3 is 0 Å². The molecule has 0 bridgehead atoms. The number of rotatable bonds is 1. The Labute approximate surface area is 115 Å². The molecule has 0 radical (unpaired) electrons. The van der Waals surface area contributed by atoms with Gasteiger partial charge in [-0.2, -0.15) is 0 Å². The van der Waals surface area contributed by atoms with Gasteiger partial charge < -0.3 is 9.64 Å². The van der Waals surface area contributed by atoms with Crippen molar-refractivity contribution in [2.45, 2.75) is 18.9 Å². The molecule has 3 rings (SSSR count). The summed E-state index contributed by atoms with van der Waals surface area (Å²) in [5.41, 5.74) is 0.808. The van der Waals surface area contributed by atoms with Crippen molar-refractivity contribution >= 4 is 17.7 Å². The van der Waals surface area contributed by atoms with Gasteiger partial charge in [-0.15, -0.1) is 0 Å². The third kappa shape index (κ3) is 1.93. The normalized spacial score (nSPS) is 24.9. The minimum atomic E-state index is -0.645.